The minimum atomic E-state index is 0.318. The van der Waals surface area contributed by atoms with Gasteiger partial charge in [0.25, 0.3) is 0 Å². The first-order chi connectivity index (χ1) is 11.8. The summed E-state index contributed by atoms with van der Waals surface area (Å²) < 4.78 is 0. The van der Waals surface area contributed by atoms with Crippen molar-refractivity contribution in [1.82, 2.24) is 14.9 Å². The summed E-state index contributed by atoms with van der Waals surface area (Å²) >= 11 is 1.65. The van der Waals surface area contributed by atoms with E-state index < -0.39 is 0 Å². The molecule has 126 valence electrons. The first kappa shape index (κ1) is 14.6. The van der Waals surface area contributed by atoms with Crippen LogP contribution in [-0.2, 0) is 4.79 Å². The van der Waals surface area contributed by atoms with Gasteiger partial charge >= 0.3 is 0 Å². The van der Waals surface area contributed by atoms with Gasteiger partial charge in [0.1, 0.15) is 17.0 Å². The van der Waals surface area contributed by atoms with E-state index in [9.17, 15) is 4.79 Å². The predicted molar refractivity (Wildman–Crippen MR) is 95.1 cm³/mol. The van der Waals surface area contributed by atoms with E-state index in [4.69, 9.17) is 0 Å². The third-order valence-corrected chi connectivity index (χ3v) is 7.01. The van der Waals surface area contributed by atoms with E-state index in [1.54, 1.807) is 17.7 Å². The Morgan fingerprint density at radius 3 is 2.75 bits per heavy atom. The smallest absolute Gasteiger partial charge is 0.226 e. The van der Waals surface area contributed by atoms with E-state index in [2.05, 4.69) is 31.2 Å². The molecule has 3 heterocycles. The van der Waals surface area contributed by atoms with Crippen LogP contribution in [-0.4, -0.2) is 47.0 Å². The SMILES string of the molecule is O=C([C@H]1C[C@H]2CC[C@H]1C2)N1CCN(c2ncnc3sccc23)CC1. The molecule has 3 fully saturated rings. The van der Waals surface area contributed by atoms with Gasteiger partial charge in [-0.05, 0) is 42.5 Å². The van der Waals surface area contributed by atoms with Crippen molar-refractivity contribution in [2.75, 3.05) is 31.1 Å². The number of carbonyl (C=O) groups is 1. The van der Waals surface area contributed by atoms with Crippen LogP contribution in [0.25, 0.3) is 10.2 Å². The predicted octanol–water partition coefficient (Wildman–Crippen LogP) is 2.78. The molecule has 2 bridgehead atoms. The Kier molecular flexibility index (Phi) is 3.47. The topological polar surface area (TPSA) is 49.3 Å². The molecule has 1 saturated heterocycles. The van der Waals surface area contributed by atoms with Crippen LogP contribution in [0.1, 0.15) is 25.7 Å². The zero-order chi connectivity index (χ0) is 16.1. The van der Waals surface area contributed by atoms with Crippen molar-refractivity contribution >= 4 is 33.3 Å². The third-order valence-electron chi connectivity index (χ3n) is 6.19. The molecule has 3 aliphatic rings. The van der Waals surface area contributed by atoms with Crippen LogP contribution in [0.2, 0.25) is 0 Å². The Morgan fingerprint density at radius 2 is 2.00 bits per heavy atom. The second-order valence-corrected chi connectivity index (χ2v) is 8.32. The van der Waals surface area contributed by atoms with Crippen molar-refractivity contribution < 1.29 is 4.79 Å². The van der Waals surface area contributed by atoms with Gasteiger partial charge in [-0.25, -0.2) is 9.97 Å². The minimum Gasteiger partial charge on any atom is -0.352 e. The van der Waals surface area contributed by atoms with Crippen molar-refractivity contribution in [3.63, 3.8) is 0 Å². The highest BCUT2D eigenvalue weighted by molar-refractivity contribution is 7.16. The molecule has 0 N–H and O–H groups in total. The van der Waals surface area contributed by atoms with Gasteiger partial charge in [0, 0.05) is 32.1 Å². The molecule has 5 rings (SSSR count). The Balaban J connectivity index is 1.27. The molecule has 0 spiro atoms. The molecule has 24 heavy (non-hydrogen) atoms. The van der Waals surface area contributed by atoms with Crippen LogP contribution in [0.4, 0.5) is 5.82 Å². The van der Waals surface area contributed by atoms with Crippen LogP contribution < -0.4 is 4.90 Å². The van der Waals surface area contributed by atoms with Crippen molar-refractivity contribution in [3.8, 4) is 0 Å². The molecule has 3 atom stereocenters. The molecular formula is C18H22N4OS. The standard InChI is InChI=1S/C18H22N4OS/c23-18(15-10-12-1-2-13(15)9-12)22-6-4-21(5-7-22)16-14-3-8-24-17(14)20-11-19-16/h3,8,11-13,15H,1-2,4-7,9-10H2/t12-,13-,15-/m0/s1. The molecule has 2 aliphatic carbocycles. The van der Waals surface area contributed by atoms with Gasteiger partial charge in [-0.3, -0.25) is 4.79 Å². The Hall–Kier alpha value is -1.69. The maximum atomic E-state index is 12.9. The average molecular weight is 342 g/mol. The van der Waals surface area contributed by atoms with Gasteiger partial charge < -0.3 is 9.80 Å². The summed E-state index contributed by atoms with van der Waals surface area (Å²) in [6, 6.07) is 2.10. The van der Waals surface area contributed by atoms with Crippen LogP contribution in [0.5, 0.6) is 0 Å². The highest BCUT2D eigenvalue weighted by atomic mass is 32.1. The zero-order valence-corrected chi connectivity index (χ0v) is 14.5. The van der Waals surface area contributed by atoms with E-state index in [1.807, 2.05) is 0 Å². The Bertz CT molecular complexity index is 767. The largest absolute Gasteiger partial charge is 0.352 e. The number of hydrogen-bond acceptors (Lipinski definition) is 5. The second kappa shape index (κ2) is 5.69. The van der Waals surface area contributed by atoms with Gasteiger partial charge in [-0.15, -0.1) is 11.3 Å². The Labute approximate surface area is 145 Å². The third kappa shape index (κ3) is 2.31. The number of anilines is 1. The summed E-state index contributed by atoms with van der Waals surface area (Å²) in [5.41, 5.74) is 0. The molecule has 2 aromatic heterocycles. The first-order valence-electron chi connectivity index (χ1n) is 9.01. The minimum absolute atomic E-state index is 0.318. The van der Waals surface area contributed by atoms with Gasteiger partial charge in [0.2, 0.25) is 5.91 Å². The van der Waals surface area contributed by atoms with Crippen LogP contribution >= 0.6 is 11.3 Å². The van der Waals surface area contributed by atoms with Gasteiger partial charge in [0.15, 0.2) is 0 Å². The molecule has 1 aliphatic heterocycles. The second-order valence-electron chi connectivity index (χ2n) is 7.43. The average Bonchev–Trinajstić information content (AvgIpc) is 3.36. The van der Waals surface area contributed by atoms with Gasteiger partial charge in [0.05, 0.1) is 5.39 Å². The summed E-state index contributed by atoms with van der Waals surface area (Å²) in [5, 5.41) is 3.20. The zero-order valence-electron chi connectivity index (χ0n) is 13.7. The number of fused-ring (bicyclic) bond motifs is 3. The monoisotopic (exact) mass is 342 g/mol. The molecule has 0 aromatic carbocycles. The van der Waals surface area contributed by atoms with Crippen LogP contribution in [0.15, 0.2) is 17.8 Å². The number of piperazine rings is 1. The molecular weight excluding hydrogens is 320 g/mol. The van der Waals surface area contributed by atoms with E-state index >= 15 is 0 Å². The number of rotatable bonds is 2. The van der Waals surface area contributed by atoms with E-state index in [1.165, 1.54) is 19.3 Å². The van der Waals surface area contributed by atoms with Crippen molar-refractivity contribution in [3.05, 3.63) is 17.8 Å². The quantitative estimate of drug-likeness (QED) is 0.842. The lowest BCUT2D eigenvalue weighted by atomic mass is 9.87. The molecule has 0 radical (unpaired) electrons. The van der Waals surface area contributed by atoms with Crippen LogP contribution in [0.3, 0.4) is 0 Å². The number of nitrogens with zero attached hydrogens (tertiary/aromatic N) is 4. The normalized spacial score (nSPS) is 29.6. The highest BCUT2D eigenvalue weighted by Gasteiger charge is 2.44. The summed E-state index contributed by atoms with van der Waals surface area (Å²) in [6.07, 6.45) is 6.73. The van der Waals surface area contributed by atoms with Crippen molar-refractivity contribution in [2.24, 2.45) is 17.8 Å². The van der Waals surface area contributed by atoms with Crippen LogP contribution in [0, 0.1) is 17.8 Å². The maximum absolute atomic E-state index is 12.9. The lowest BCUT2D eigenvalue weighted by Crippen LogP contribution is -2.51. The van der Waals surface area contributed by atoms with Crippen molar-refractivity contribution in [2.45, 2.75) is 25.7 Å². The lowest BCUT2D eigenvalue weighted by molar-refractivity contribution is -0.137. The fraction of sp³-hybridized carbons (Fsp3) is 0.611. The summed E-state index contributed by atoms with van der Waals surface area (Å²) in [7, 11) is 0. The molecule has 5 nitrogen and oxygen atoms in total. The summed E-state index contributed by atoms with van der Waals surface area (Å²) in [5.74, 6) is 3.27. The van der Waals surface area contributed by atoms with Crippen molar-refractivity contribution in [1.29, 1.82) is 0 Å². The van der Waals surface area contributed by atoms with E-state index in [0.717, 1.165) is 54.6 Å². The molecule has 1 amide bonds. The molecule has 0 unspecified atom stereocenters. The Morgan fingerprint density at radius 1 is 1.12 bits per heavy atom. The molecule has 2 aromatic rings. The van der Waals surface area contributed by atoms with E-state index in [0.29, 0.717) is 17.7 Å². The summed E-state index contributed by atoms with van der Waals surface area (Å²) in [4.78, 5) is 27.2. The fourth-order valence-electron chi connectivity index (χ4n) is 4.95. The number of aromatic nitrogens is 2. The highest BCUT2D eigenvalue weighted by Crippen LogP contribution is 2.49. The number of amides is 1. The maximum Gasteiger partial charge on any atom is 0.226 e. The van der Waals surface area contributed by atoms with Gasteiger partial charge in [-0.1, -0.05) is 6.42 Å². The lowest BCUT2D eigenvalue weighted by Gasteiger charge is -2.37. The number of thiophene rings is 1. The fourth-order valence-corrected chi connectivity index (χ4v) is 5.68. The molecule has 2 saturated carbocycles. The molecule has 6 heteroatoms. The number of carbonyl (C=O) groups excluding carboxylic acids is 1. The van der Waals surface area contributed by atoms with E-state index in [-0.39, 0.29) is 0 Å². The van der Waals surface area contributed by atoms with Gasteiger partial charge in [-0.2, -0.15) is 0 Å². The first-order valence-corrected chi connectivity index (χ1v) is 9.89. The number of hydrogen-bond donors (Lipinski definition) is 0. The summed E-state index contributed by atoms with van der Waals surface area (Å²) in [6.45, 7) is 3.38.